The van der Waals surface area contributed by atoms with Crippen LogP contribution in [-0.2, 0) is 0 Å². The minimum absolute atomic E-state index is 0.383. The van der Waals surface area contributed by atoms with E-state index in [1.807, 2.05) is 0 Å². The van der Waals surface area contributed by atoms with Gasteiger partial charge in [0.15, 0.2) is 0 Å². The Bertz CT molecular complexity index is 170. The first-order valence-electron chi connectivity index (χ1n) is 7.55. The van der Waals surface area contributed by atoms with Crippen LogP contribution in [0.4, 0.5) is 0 Å². The van der Waals surface area contributed by atoms with Crippen LogP contribution in [0.15, 0.2) is 12.7 Å². The van der Waals surface area contributed by atoms with Crippen LogP contribution in [0, 0.1) is 0 Å². The molecule has 1 unspecified atom stereocenters. The van der Waals surface area contributed by atoms with E-state index in [0.717, 1.165) is 0 Å². The van der Waals surface area contributed by atoms with Gasteiger partial charge in [0.25, 0.3) is 0 Å². The van der Waals surface area contributed by atoms with E-state index in [1.54, 1.807) is 0 Å². The second-order valence-electron chi connectivity index (χ2n) is 5.43. The summed E-state index contributed by atoms with van der Waals surface area (Å²) in [5.74, 6) is 0. The topological polar surface area (TPSA) is 26.0 Å². The van der Waals surface area contributed by atoms with Gasteiger partial charge in [0, 0.05) is 0 Å². The Morgan fingerprint density at radius 2 is 1.29 bits per heavy atom. The maximum atomic E-state index is 6.45. The molecule has 0 spiro atoms. The zero-order chi connectivity index (χ0) is 13.1. The van der Waals surface area contributed by atoms with Gasteiger partial charge in [0.2, 0.25) is 0 Å². The van der Waals surface area contributed by atoms with Gasteiger partial charge in [-0.1, -0.05) is 0 Å². The molecule has 17 heavy (non-hydrogen) atoms. The Morgan fingerprint density at radius 3 is 1.53 bits per heavy atom. The molecule has 0 aromatic rings. The summed E-state index contributed by atoms with van der Waals surface area (Å²) in [6.45, 7) is 10.9. The van der Waals surface area contributed by atoms with Gasteiger partial charge in [-0.15, -0.1) is 0 Å². The van der Waals surface area contributed by atoms with Crippen molar-refractivity contribution in [1.82, 2.24) is 0 Å². The molecule has 0 amide bonds. The van der Waals surface area contributed by atoms with Crippen molar-refractivity contribution in [1.29, 1.82) is 0 Å². The third-order valence-corrected chi connectivity index (χ3v) is 20.3. The standard InChI is InChI=1S/3C4H9.C3H6N.Sn/c3*1-3-4-2;1-2-3-4;/h3*1,3-4H2,2H3;2-3H,1,4H2;. The number of nitrogens with two attached hydrogens (primary N) is 1. The summed E-state index contributed by atoms with van der Waals surface area (Å²) in [5, 5.41) is 0. The summed E-state index contributed by atoms with van der Waals surface area (Å²) >= 11 is -2.13. The predicted octanol–water partition coefficient (Wildman–Crippen LogP) is 4.89. The summed E-state index contributed by atoms with van der Waals surface area (Å²) in [7, 11) is 0. The van der Waals surface area contributed by atoms with Gasteiger partial charge in [-0.25, -0.2) is 0 Å². The molecule has 0 aliphatic carbocycles. The Kier molecular flexibility index (Phi) is 10.7. The van der Waals surface area contributed by atoms with Crippen molar-refractivity contribution in [3.63, 3.8) is 0 Å². The van der Waals surface area contributed by atoms with E-state index in [4.69, 9.17) is 5.73 Å². The molecule has 2 N–H and O–H groups in total. The number of rotatable bonds is 11. The molecule has 2 heteroatoms. The van der Waals surface area contributed by atoms with Gasteiger partial charge in [0.1, 0.15) is 0 Å². The molecule has 0 aliphatic heterocycles. The Hall–Kier alpha value is 0.499. The van der Waals surface area contributed by atoms with E-state index < -0.39 is 18.4 Å². The summed E-state index contributed by atoms with van der Waals surface area (Å²) in [6.07, 6.45) is 10.2. The Morgan fingerprint density at radius 1 is 0.941 bits per heavy atom. The maximum absolute atomic E-state index is 6.45. The summed E-state index contributed by atoms with van der Waals surface area (Å²) in [5.41, 5.74) is 6.45. The fourth-order valence-corrected chi connectivity index (χ4v) is 18.2. The van der Waals surface area contributed by atoms with Crippen LogP contribution >= 0.6 is 0 Å². The van der Waals surface area contributed by atoms with Crippen molar-refractivity contribution in [2.24, 2.45) is 5.73 Å². The van der Waals surface area contributed by atoms with Gasteiger partial charge in [-0.05, 0) is 0 Å². The second-order valence-corrected chi connectivity index (χ2v) is 19.4. The first kappa shape index (κ1) is 17.5. The molecule has 1 nitrogen and oxygen atoms in total. The number of hydrogen-bond donors (Lipinski definition) is 1. The molecule has 0 heterocycles. The fourth-order valence-electron chi connectivity index (χ4n) is 2.71. The van der Waals surface area contributed by atoms with Crippen LogP contribution in [0.5, 0.6) is 0 Å². The van der Waals surface area contributed by atoms with E-state index in [-0.39, 0.29) is 0 Å². The quantitative estimate of drug-likeness (QED) is 0.418. The van der Waals surface area contributed by atoms with E-state index in [2.05, 4.69) is 33.4 Å². The van der Waals surface area contributed by atoms with Crippen LogP contribution in [0.25, 0.3) is 0 Å². The molecular formula is C15H33NSn. The van der Waals surface area contributed by atoms with Crippen molar-refractivity contribution in [2.75, 3.05) is 0 Å². The third kappa shape index (κ3) is 6.28. The third-order valence-electron chi connectivity index (χ3n) is 4.05. The average molecular weight is 346 g/mol. The predicted molar refractivity (Wildman–Crippen MR) is 83.1 cm³/mol. The number of unbranched alkanes of at least 4 members (excludes halogenated alkanes) is 3. The van der Waals surface area contributed by atoms with Crippen LogP contribution in [0.1, 0.15) is 59.3 Å². The van der Waals surface area contributed by atoms with Gasteiger partial charge in [0.05, 0.1) is 0 Å². The van der Waals surface area contributed by atoms with Crippen LogP contribution < -0.4 is 5.73 Å². The zero-order valence-corrected chi connectivity index (χ0v) is 15.2. The molecular weight excluding hydrogens is 313 g/mol. The molecule has 102 valence electrons. The molecule has 1 atom stereocenters. The molecule has 0 fully saturated rings. The van der Waals surface area contributed by atoms with Crippen molar-refractivity contribution < 1.29 is 0 Å². The minimum atomic E-state index is -2.13. The first-order valence-corrected chi connectivity index (χ1v) is 15.2. The summed E-state index contributed by atoms with van der Waals surface area (Å²) in [4.78, 5) is 0. The summed E-state index contributed by atoms with van der Waals surface area (Å²) in [6, 6.07) is 0. The zero-order valence-electron chi connectivity index (χ0n) is 12.3. The van der Waals surface area contributed by atoms with Gasteiger partial charge < -0.3 is 0 Å². The molecule has 0 radical (unpaired) electrons. The molecule has 0 saturated carbocycles. The van der Waals surface area contributed by atoms with Crippen molar-refractivity contribution in [3.05, 3.63) is 12.7 Å². The van der Waals surface area contributed by atoms with E-state index >= 15 is 0 Å². The normalized spacial score (nSPS) is 13.6. The molecule has 0 rings (SSSR count). The van der Waals surface area contributed by atoms with Crippen LogP contribution in [0.3, 0.4) is 0 Å². The van der Waals surface area contributed by atoms with E-state index in [9.17, 15) is 0 Å². The average Bonchev–Trinajstić information content (AvgIpc) is 2.37. The second kappa shape index (κ2) is 10.4. The monoisotopic (exact) mass is 347 g/mol. The van der Waals surface area contributed by atoms with Gasteiger partial charge in [-0.3, -0.25) is 0 Å². The molecule has 0 bridgehead atoms. The van der Waals surface area contributed by atoms with Gasteiger partial charge in [-0.2, -0.15) is 0 Å². The van der Waals surface area contributed by atoms with Crippen LogP contribution in [0.2, 0.25) is 13.3 Å². The van der Waals surface area contributed by atoms with Crippen LogP contribution in [-0.4, -0.2) is 22.4 Å². The van der Waals surface area contributed by atoms with E-state index in [0.29, 0.717) is 4.06 Å². The first-order chi connectivity index (χ1) is 8.16. The fraction of sp³-hybridized carbons (Fsp3) is 0.867. The van der Waals surface area contributed by atoms with Crippen molar-refractivity contribution >= 4 is 18.4 Å². The molecule has 0 aliphatic rings. The van der Waals surface area contributed by atoms with Crippen molar-refractivity contribution in [3.8, 4) is 0 Å². The number of hydrogen-bond acceptors (Lipinski definition) is 1. The molecule has 0 aromatic carbocycles. The molecule has 0 saturated heterocycles. The molecule has 0 aromatic heterocycles. The Balaban J connectivity index is 4.69. The van der Waals surface area contributed by atoms with Crippen molar-refractivity contribution in [2.45, 2.75) is 76.7 Å². The SMILES string of the molecule is C=C[CH](N)[Sn]([CH2]CCC)([CH2]CCC)[CH2]CCC. The van der Waals surface area contributed by atoms with Gasteiger partial charge >= 0.3 is 113 Å². The van der Waals surface area contributed by atoms with E-state index in [1.165, 1.54) is 51.8 Å². The summed E-state index contributed by atoms with van der Waals surface area (Å²) < 4.78 is 4.84. The Labute approximate surface area is 113 Å².